The van der Waals surface area contributed by atoms with Crippen molar-refractivity contribution in [2.75, 3.05) is 31.1 Å². The van der Waals surface area contributed by atoms with Gasteiger partial charge in [0.15, 0.2) is 0 Å². The Morgan fingerprint density at radius 1 is 1.21 bits per heavy atom. The molecule has 0 radical (unpaired) electrons. The van der Waals surface area contributed by atoms with E-state index in [4.69, 9.17) is 0 Å². The lowest BCUT2D eigenvalue weighted by Gasteiger charge is -2.34. The number of nitrogens with one attached hydrogen (secondary N) is 2. The number of piperazine rings is 1. The minimum Gasteiger partial charge on any atom is -0.361 e. The highest BCUT2D eigenvalue weighted by atomic mass is 79.9. The van der Waals surface area contributed by atoms with Gasteiger partial charge in [-0.1, -0.05) is 22.0 Å². The molecule has 7 heteroatoms. The second kappa shape index (κ2) is 6.32. The predicted molar refractivity (Wildman–Crippen MR) is 97.1 cm³/mol. The summed E-state index contributed by atoms with van der Waals surface area (Å²) in [5.41, 5.74) is 2.10. The topological polar surface area (TPSA) is 68.0 Å². The molecule has 2 N–H and O–H groups in total. The van der Waals surface area contributed by atoms with E-state index in [1.165, 1.54) is 0 Å². The maximum absolute atomic E-state index is 12.6. The number of nitrogens with zero attached hydrogens (tertiary/aromatic N) is 3. The van der Waals surface area contributed by atoms with E-state index in [2.05, 4.69) is 35.8 Å². The van der Waals surface area contributed by atoms with Crippen LogP contribution in [0, 0.1) is 0 Å². The minimum atomic E-state index is 0.179. The van der Waals surface area contributed by atoms with Crippen molar-refractivity contribution in [3.63, 3.8) is 0 Å². The first kappa shape index (κ1) is 15.3. The molecule has 0 bridgehead atoms. The van der Waals surface area contributed by atoms with Gasteiger partial charge in [-0.25, -0.2) is 4.98 Å². The van der Waals surface area contributed by atoms with E-state index in [9.17, 15) is 4.79 Å². The molecular formula is C17H18BrN5O. The van der Waals surface area contributed by atoms with Crippen molar-refractivity contribution < 1.29 is 4.79 Å². The van der Waals surface area contributed by atoms with Gasteiger partial charge in [0.25, 0.3) is 0 Å². The van der Waals surface area contributed by atoms with E-state index in [0.717, 1.165) is 53.1 Å². The van der Waals surface area contributed by atoms with Crippen molar-refractivity contribution in [2.24, 2.45) is 0 Å². The molecule has 0 aliphatic carbocycles. The zero-order chi connectivity index (χ0) is 16.5. The summed E-state index contributed by atoms with van der Waals surface area (Å²) in [6.45, 7) is 3.07. The third kappa shape index (κ3) is 2.91. The first-order valence-electron chi connectivity index (χ1n) is 7.98. The average Bonchev–Trinajstić information content (AvgIpc) is 3.25. The van der Waals surface area contributed by atoms with Crippen molar-refractivity contribution in [2.45, 2.75) is 6.42 Å². The lowest BCUT2D eigenvalue weighted by Crippen LogP contribution is -2.49. The van der Waals surface area contributed by atoms with E-state index in [0.29, 0.717) is 6.42 Å². The molecule has 6 nitrogen and oxygen atoms in total. The maximum atomic E-state index is 12.6. The number of hydrogen-bond acceptors (Lipinski definition) is 3. The summed E-state index contributed by atoms with van der Waals surface area (Å²) in [5, 5.41) is 1.11. The van der Waals surface area contributed by atoms with Crippen LogP contribution in [0.4, 0.5) is 5.95 Å². The standard InChI is InChI=1S/C17H18BrN5O/c18-13-1-2-14-12(11-21-15(14)10-13)9-16(24)22-5-7-23(8-6-22)17-19-3-4-20-17/h1-4,10-11,21H,5-9H2,(H,19,20). The summed E-state index contributed by atoms with van der Waals surface area (Å²) in [6, 6.07) is 6.09. The van der Waals surface area contributed by atoms with Gasteiger partial charge in [0, 0.05) is 60.1 Å². The van der Waals surface area contributed by atoms with E-state index >= 15 is 0 Å². The van der Waals surface area contributed by atoms with Gasteiger partial charge in [-0.15, -0.1) is 0 Å². The molecule has 124 valence electrons. The number of H-pyrrole nitrogens is 2. The van der Waals surface area contributed by atoms with Crippen LogP contribution in [-0.2, 0) is 11.2 Å². The maximum Gasteiger partial charge on any atom is 0.227 e. The van der Waals surface area contributed by atoms with Gasteiger partial charge in [-0.05, 0) is 17.7 Å². The van der Waals surface area contributed by atoms with Crippen LogP contribution in [0.2, 0.25) is 0 Å². The van der Waals surface area contributed by atoms with Crippen LogP contribution in [0.25, 0.3) is 10.9 Å². The number of aromatic amines is 2. The van der Waals surface area contributed by atoms with Crippen molar-refractivity contribution in [1.29, 1.82) is 0 Å². The molecule has 1 saturated heterocycles. The molecule has 1 aliphatic rings. The van der Waals surface area contributed by atoms with Gasteiger partial charge < -0.3 is 19.8 Å². The summed E-state index contributed by atoms with van der Waals surface area (Å²) >= 11 is 3.47. The van der Waals surface area contributed by atoms with Gasteiger partial charge >= 0.3 is 0 Å². The van der Waals surface area contributed by atoms with Crippen LogP contribution in [0.3, 0.4) is 0 Å². The van der Waals surface area contributed by atoms with Crippen molar-refractivity contribution in [1.82, 2.24) is 19.9 Å². The molecule has 0 unspecified atom stereocenters. The Kier molecular flexibility index (Phi) is 4.02. The molecule has 24 heavy (non-hydrogen) atoms. The van der Waals surface area contributed by atoms with E-state index in [-0.39, 0.29) is 5.91 Å². The Morgan fingerprint density at radius 3 is 2.79 bits per heavy atom. The molecule has 1 aliphatic heterocycles. The molecular weight excluding hydrogens is 370 g/mol. The number of fused-ring (bicyclic) bond motifs is 1. The average molecular weight is 388 g/mol. The van der Waals surface area contributed by atoms with Crippen LogP contribution in [0.5, 0.6) is 0 Å². The van der Waals surface area contributed by atoms with Crippen LogP contribution < -0.4 is 4.90 Å². The van der Waals surface area contributed by atoms with Crippen LogP contribution in [0.15, 0.2) is 41.3 Å². The highest BCUT2D eigenvalue weighted by Crippen LogP contribution is 2.23. The SMILES string of the molecule is O=C(Cc1c[nH]c2cc(Br)ccc12)N1CCN(c2ncc[nH]2)CC1. The van der Waals surface area contributed by atoms with E-state index in [1.807, 2.05) is 35.5 Å². The van der Waals surface area contributed by atoms with Gasteiger partial charge in [0.1, 0.15) is 0 Å². The normalized spacial score (nSPS) is 15.2. The van der Waals surface area contributed by atoms with Crippen molar-refractivity contribution >= 4 is 38.7 Å². The zero-order valence-corrected chi connectivity index (χ0v) is 14.7. The first-order valence-corrected chi connectivity index (χ1v) is 8.77. The fraction of sp³-hybridized carbons (Fsp3) is 0.294. The summed E-state index contributed by atoms with van der Waals surface area (Å²) in [4.78, 5) is 27.4. The molecule has 4 rings (SSSR count). The highest BCUT2D eigenvalue weighted by molar-refractivity contribution is 9.10. The summed E-state index contributed by atoms with van der Waals surface area (Å²) in [7, 11) is 0. The quantitative estimate of drug-likeness (QED) is 0.725. The number of amides is 1. The van der Waals surface area contributed by atoms with Crippen molar-refractivity contribution in [3.05, 3.63) is 46.8 Å². The van der Waals surface area contributed by atoms with Crippen LogP contribution in [0.1, 0.15) is 5.56 Å². The number of hydrogen-bond donors (Lipinski definition) is 2. The lowest BCUT2D eigenvalue weighted by molar-refractivity contribution is -0.130. The number of anilines is 1. The number of halogens is 1. The highest BCUT2D eigenvalue weighted by Gasteiger charge is 2.23. The molecule has 0 spiro atoms. The minimum absolute atomic E-state index is 0.179. The lowest BCUT2D eigenvalue weighted by atomic mass is 10.1. The Morgan fingerprint density at radius 2 is 2.04 bits per heavy atom. The number of imidazole rings is 1. The first-order chi connectivity index (χ1) is 11.7. The smallest absolute Gasteiger partial charge is 0.227 e. The molecule has 0 saturated carbocycles. The number of carbonyl (C=O) groups excluding carboxylic acids is 1. The molecule has 1 amide bonds. The molecule has 2 aromatic heterocycles. The van der Waals surface area contributed by atoms with E-state index in [1.54, 1.807) is 6.20 Å². The third-order valence-corrected chi connectivity index (χ3v) is 4.98. The van der Waals surface area contributed by atoms with E-state index < -0.39 is 0 Å². The fourth-order valence-corrected chi connectivity index (χ4v) is 3.54. The molecule has 3 aromatic rings. The van der Waals surface area contributed by atoms with Gasteiger partial charge in [-0.3, -0.25) is 4.79 Å². The molecule has 1 fully saturated rings. The summed E-state index contributed by atoms with van der Waals surface area (Å²) in [6.07, 6.45) is 5.95. The molecule has 0 atom stereocenters. The Bertz CT molecular complexity index is 849. The second-order valence-corrected chi connectivity index (χ2v) is 6.88. The van der Waals surface area contributed by atoms with Crippen molar-refractivity contribution in [3.8, 4) is 0 Å². The van der Waals surface area contributed by atoms with Gasteiger partial charge in [0.05, 0.1) is 6.42 Å². The Balaban J connectivity index is 1.41. The summed E-state index contributed by atoms with van der Waals surface area (Å²) < 4.78 is 1.03. The number of aromatic nitrogens is 3. The second-order valence-electron chi connectivity index (χ2n) is 5.96. The zero-order valence-electron chi connectivity index (χ0n) is 13.1. The van der Waals surface area contributed by atoms with Gasteiger partial charge in [0.2, 0.25) is 11.9 Å². The largest absolute Gasteiger partial charge is 0.361 e. The third-order valence-electron chi connectivity index (χ3n) is 4.49. The fourth-order valence-electron chi connectivity index (χ4n) is 3.18. The number of benzene rings is 1. The Labute approximate surface area is 148 Å². The number of rotatable bonds is 3. The molecule has 1 aromatic carbocycles. The van der Waals surface area contributed by atoms with Gasteiger partial charge in [-0.2, -0.15) is 0 Å². The summed E-state index contributed by atoms with van der Waals surface area (Å²) in [5.74, 6) is 1.06. The number of carbonyl (C=O) groups is 1. The molecule has 3 heterocycles. The van der Waals surface area contributed by atoms with Crippen LogP contribution >= 0.6 is 15.9 Å². The predicted octanol–water partition coefficient (Wildman–Crippen LogP) is 2.54. The van der Waals surface area contributed by atoms with Crippen LogP contribution in [-0.4, -0.2) is 51.9 Å². The monoisotopic (exact) mass is 387 g/mol. The Hall–Kier alpha value is -2.28.